The van der Waals surface area contributed by atoms with E-state index < -0.39 is 0 Å². The highest BCUT2D eigenvalue weighted by atomic mass is 16.4. The van der Waals surface area contributed by atoms with E-state index in [0.29, 0.717) is 11.6 Å². The smallest absolute Gasteiger partial charge is 0.323 e. The first-order chi connectivity index (χ1) is 13.8. The summed E-state index contributed by atoms with van der Waals surface area (Å²) < 4.78 is 5.19. The predicted molar refractivity (Wildman–Crippen MR) is 109 cm³/mol. The third-order valence-electron chi connectivity index (χ3n) is 4.82. The first-order valence-electron chi connectivity index (χ1n) is 9.57. The summed E-state index contributed by atoms with van der Waals surface area (Å²) in [7, 11) is 0. The quantitative estimate of drug-likeness (QED) is 0.685. The molecule has 0 atom stereocenters. The fraction of sp³-hybridized carbons (Fsp3) is 0.286. The molecule has 2 aromatic carbocycles. The van der Waals surface area contributed by atoms with Gasteiger partial charge in [-0.15, -0.1) is 10.2 Å². The highest BCUT2D eigenvalue weighted by Crippen LogP contribution is 2.23. The van der Waals surface area contributed by atoms with Crippen molar-refractivity contribution in [2.75, 3.05) is 28.6 Å². The van der Waals surface area contributed by atoms with Gasteiger partial charge in [-0.3, -0.25) is 0 Å². The topological polar surface area (TPSA) is 83.3 Å². The van der Waals surface area contributed by atoms with Gasteiger partial charge in [0.2, 0.25) is 12.3 Å². The standard InChI is InChI=1S/C21H23N5O2/c27-21(24-18-7-5-6-16(14-18)20-25-22-15-28-20)23-17-8-10-19(11-9-17)26-12-3-1-2-4-13-26/h5-11,14-15H,1-4,12-13H2,(H2,23,24,27). The Morgan fingerprint density at radius 1 is 0.929 bits per heavy atom. The van der Waals surface area contributed by atoms with Crippen LogP contribution in [-0.4, -0.2) is 29.3 Å². The molecular weight excluding hydrogens is 354 g/mol. The maximum Gasteiger partial charge on any atom is 0.323 e. The van der Waals surface area contributed by atoms with Crippen LogP contribution >= 0.6 is 0 Å². The molecule has 0 saturated carbocycles. The van der Waals surface area contributed by atoms with E-state index in [4.69, 9.17) is 4.42 Å². The average molecular weight is 377 g/mol. The number of benzene rings is 2. The van der Waals surface area contributed by atoms with Gasteiger partial charge in [0.25, 0.3) is 0 Å². The molecule has 3 aromatic rings. The molecule has 144 valence electrons. The second kappa shape index (κ2) is 8.56. The zero-order valence-electron chi connectivity index (χ0n) is 15.6. The van der Waals surface area contributed by atoms with Crippen molar-refractivity contribution in [3.8, 4) is 11.5 Å². The van der Waals surface area contributed by atoms with Gasteiger partial charge in [-0.1, -0.05) is 18.9 Å². The van der Waals surface area contributed by atoms with Crippen molar-refractivity contribution in [1.29, 1.82) is 0 Å². The highest BCUT2D eigenvalue weighted by Gasteiger charge is 2.10. The molecule has 2 N–H and O–H groups in total. The second-order valence-corrected chi connectivity index (χ2v) is 6.85. The third kappa shape index (κ3) is 4.49. The molecule has 2 heterocycles. The monoisotopic (exact) mass is 377 g/mol. The molecule has 0 bridgehead atoms. The Hall–Kier alpha value is -3.35. The van der Waals surface area contributed by atoms with Crippen molar-refractivity contribution in [2.45, 2.75) is 25.7 Å². The molecule has 1 saturated heterocycles. The number of anilines is 3. The molecule has 1 aliphatic rings. The lowest BCUT2D eigenvalue weighted by atomic mass is 10.2. The minimum Gasteiger partial charge on any atom is -0.423 e. The SMILES string of the molecule is O=C(Nc1ccc(N2CCCCCC2)cc1)Nc1cccc(-c2nnco2)c1. The molecule has 0 radical (unpaired) electrons. The minimum absolute atomic E-state index is 0.301. The zero-order chi connectivity index (χ0) is 19.2. The summed E-state index contributed by atoms with van der Waals surface area (Å²) in [5.41, 5.74) is 3.36. The molecule has 1 aromatic heterocycles. The van der Waals surface area contributed by atoms with E-state index in [0.717, 1.165) is 24.3 Å². The maximum atomic E-state index is 12.3. The van der Waals surface area contributed by atoms with Crippen molar-refractivity contribution >= 4 is 23.1 Å². The number of nitrogens with one attached hydrogen (secondary N) is 2. The number of carbonyl (C=O) groups is 1. The summed E-state index contributed by atoms with van der Waals surface area (Å²) in [5, 5.41) is 13.2. The van der Waals surface area contributed by atoms with Crippen LogP contribution in [0.4, 0.5) is 21.9 Å². The number of urea groups is 1. The summed E-state index contributed by atoms with van der Waals surface area (Å²) in [5.74, 6) is 0.410. The average Bonchev–Trinajstić information content (AvgIpc) is 3.12. The van der Waals surface area contributed by atoms with E-state index in [1.807, 2.05) is 30.3 Å². The summed E-state index contributed by atoms with van der Waals surface area (Å²) in [6.07, 6.45) is 6.38. The Kier molecular flexibility index (Phi) is 5.51. The lowest BCUT2D eigenvalue weighted by Crippen LogP contribution is -2.24. The molecule has 7 nitrogen and oxygen atoms in total. The maximum absolute atomic E-state index is 12.3. The van der Waals surface area contributed by atoms with Gasteiger partial charge in [0.15, 0.2) is 0 Å². The van der Waals surface area contributed by atoms with Crippen molar-refractivity contribution < 1.29 is 9.21 Å². The molecule has 2 amide bonds. The first-order valence-corrected chi connectivity index (χ1v) is 9.57. The minimum atomic E-state index is -0.301. The number of carbonyl (C=O) groups excluding carboxylic acids is 1. The lowest BCUT2D eigenvalue weighted by Gasteiger charge is -2.22. The van der Waals surface area contributed by atoms with Crippen LogP contribution in [0.3, 0.4) is 0 Å². The van der Waals surface area contributed by atoms with Gasteiger partial charge in [0, 0.05) is 35.7 Å². The van der Waals surface area contributed by atoms with E-state index >= 15 is 0 Å². The summed E-state index contributed by atoms with van der Waals surface area (Å²) in [6, 6.07) is 15.0. The summed E-state index contributed by atoms with van der Waals surface area (Å²) >= 11 is 0. The number of aromatic nitrogens is 2. The van der Waals surface area contributed by atoms with Crippen LogP contribution in [0.5, 0.6) is 0 Å². The number of hydrogen-bond acceptors (Lipinski definition) is 5. The van der Waals surface area contributed by atoms with Crippen molar-refractivity contribution in [2.24, 2.45) is 0 Å². The van der Waals surface area contributed by atoms with Crippen LogP contribution in [0.2, 0.25) is 0 Å². The highest BCUT2D eigenvalue weighted by molar-refractivity contribution is 6.00. The molecule has 0 unspecified atom stereocenters. The fourth-order valence-electron chi connectivity index (χ4n) is 3.41. The summed E-state index contributed by atoms with van der Waals surface area (Å²) in [4.78, 5) is 14.7. The van der Waals surface area contributed by atoms with Gasteiger partial charge in [-0.05, 0) is 55.3 Å². The van der Waals surface area contributed by atoms with E-state index in [-0.39, 0.29) is 6.03 Å². The second-order valence-electron chi connectivity index (χ2n) is 6.85. The number of rotatable bonds is 4. The lowest BCUT2D eigenvalue weighted by molar-refractivity contribution is 0.262. The molecule has 4 rings (SSSR count). The Morgan fingerprint density at radius 3 is 2.39 bits per heavy atom. The van der Waals surface area contributed by atoms with Gasteiger partial charge in [0.05, 0.1) is 0 Å². The van der Waals surface area contributed by atoms with E-state index in [1.165, 1.54) is 37.8 Å². The molecular formula is C21H23N5O2. The summed E-state index contributed by atoms with van der Waals surface area (Å²) in [6.45, 7) is 2.20. The molecule has 28 heavy (non-hydrogen) atoms. The number of amides is 2. The van der Waals surface area contributed by atoms with Crippen LogP contribution < -0.4 is 15.5 Å². The van der Waals surface area contributed by atoms with Crippen molar-refractivity contribution in [1.82, 2.24) is 10.2 Å². The molecule has 7 heteroatoms. The first kappa shape index (κ1) is 18.0. The van der Waals surface area contributed by atoms with Gasteiger partial charge in [-0.25, -0.2) is 4.79 Å². The number of hydrogen-bond donors (Lipinski definition) is 2. The molecule has 1 fully saturated rings. The molecule has 0 spiro atoms. The van der Waals surface area contributed by atoms with Crippen LogP contribution in [0.15, 0.2) is 59.3 Å². The predicted octanol–water partition coefficient (Wildman–Crippen LogP) is 4.76. The Morgan fingerprint density at radius 2 is 1.68 bits per heavy atom. The Bertz CT molecular complexity index is 901. The van der Waals surface area contributed by atoms with Gasteiger partial charge >= 0.3 is 6.03 Å². The fourth-order valence-corrected chi connectivity index (χ4v) is 3.41. The van der Waals surface area contributed by atoms with Crippen molar-refractivity contribution in [3.63, 3.8) is 0 Å². The van der Waals surface area contributed by atoms with E-state index in [1.54, 1.807) is 6.07 Å². The van der Waals surface area contributed by atoms with Gasteiger partial charge in [0.1, 0.15) is 0 Å². The number of nitrogens with zero attached hydrogens (tertiary/aromatic N) is 3. The largest absolute Gasteiger partial charge is 0.423 e. The van der Waals surface area contributed by atoms with Crippen LogP contribution in [-0.2, 0) is 0 Å². The molecule has 0 aliphatic carbocycles. The van der Waals surface area contributed by atoms with Gasteiger partial charge in [-0.2, -0.15) is 0 Å². The third-order valence-corrected chi connectivity index (χ3v) is 4.82. The van der Waals surface area contributed by atoms with E-state index in [9.17, 15) is 4.79 Å². The van der Waals surface area contributed by atoms with E-state index in [2.05, 4.69) is 37.9 Å². The Balaban J connectivity index is 1.37. The van der Waals surface area contributed by atoms with Crippen LogP contribution in [0.25, 0.3) is 11.5 Å². The molecule has 1 aliphatic heterocycles. The van der Waals surface area contributed by atoms with Crippen LogP contribution in [0.1, 0.15) is 25.7 Å². The zero-order valence-corrected chi connectivity index (χ0v) is 15.6. The van der Waals surface area contributed by atoms with Gasteiger partial charge < -0.3 is 20.0 Å². The Labute approximate surface area is 163 Å². The van der Waals surface area contributed by atoms with Crippen molar-refractivity contribution in [3.05, 3.63) is 54.9 Å². The normalized spacial score (nSPS) is 14.4. The van der Waals surface area contributed by atoms with Crippen LogP contribution in [0, 0.1) is 0 Å².